The van der Waals surface area contributed by atoms with Crippen molar-refractivity contribution in [3.8, 4) is 0 Å². The van der Waals surface area contributed by atoms with Crippen LogP contribution in [0.3, 0.4) is 0 Å². The van der Waals surface area contributed by atoms with Gasteiger partial charge in [0.1, 0.15) is 11.4 Å². The van der Waals surface area contributed by atoms with E-state index in [1.807, 2.05) is 45.2 Å². The minimum Gasteiger partial charge on any atom is -0.335 e. The van der Waals surface area contributed by atoms with Crippen molar-refractivity contribution in [1.82, 2.24) is 19.4 Å². The molecule has 4 rings (SSSR count). The van der Waals surface area contributed by atoms with Gasteiger partial charge in [-0.15, -0.1) is 11.3 Å². The molecule has 0 N–H and O–H groups in total. The van der Waals surface area contributed by atoms with E-state index in [1.165, 1.54) is 22.2 Å². The van der Waals surface area contributed by atoms with Crippen molar-refractivity contribution in [2.75, 3.05) is 38.1 Å². The summed E-state index contributed by atoms with van der Waals surface area (Å²) in [7, 11) is 2.02. The number of hydrogen-bond acceptors (Lipinski definition) is 6. The zero-order chi connectivity index (χ0) is 24.4. The highest BCUT2D eigenvalue weighted by molar-refractivity contribution is 7.18. The lowest BCUT2D eigenvalue weighted by Gasteiger charge is -2.27. The number of aromatic nitrogens is 2. The van der Waals surface area contributed by atoms with E-state index in [0.29, 0.717) is 36.4 Å². The summed E-state index contributed by atoms with van der Waals surface area (Å²) in [6.07, 6.45) is 2.32. The van der Waals surface area contributed by atoms with Crippen LogP contribution in [0.2, 0.25) is 0 Å². The first kappa shape index (κ1) is 24.1. The molecule has 1 aliphatic heterocycles. The van der Waals surface area contributed by atoms with E-state index in [1.54, 1.807) is 16.7 Å². The Morgan fingerprint density at radius 3 is 2.62 bits per heavy atom. The SMILES string of the molecule is CC(=O)N1CCCN(C)CCN(C(=O)Cn2cnc3sc(C)c(C)c3c2=O)Cc2ccccc21. The number of aryl methyl sites for hydroxylation is 2. The van der Waals surface area contributed by atoms with E-state index in [0.717, 1.165) is 34.7 Å². The van der Waals surface area contributed by atoms with Gasteiger partial charge in [0.2, 0.25) is 11.8 Å². The van der Waals surface area contributed by atoms with Crippen LogP contribution in [0, 0.1) is 13.8 Å². The van der Waals surface area contributed by atoms with Crippen molar-refractivity contribution in [3.05, 3.63) is 57.0 Å². The number of benzene rings is 1. The number of fused-ring (bicyclic) bond motifs is 2. The Kier molecular flexibility index (Phi) is 7.13. The number of amides is 2. The fourth-order valence-corrected chi connectivity index (χ4v) is 5.37. The van der Waals surface area contributed by atoms with Crippen LogP contribution in [0.1, 0.15) is 29.3 Å². The molecule has 34 heavy (non-hydrogen) atoms. The lowest BCUT2D eigenvalue weighted by Crippen LogP contribution is -2.40. The number of rotatable bonds is 2. The van der Waals surface area contributed by atoms with Gasteiger partial charge >= 0.3 is 0 Å². The van der Waals surface area contributed by atoms with E-state index in [-0.39, 0.29) is 23.9 Å². The first-order chi connectivity index (χ1) is 16.3. The van der Waals surface area contributed by atoms with Crippen molar-refractivity contribution in [2.45, 2.75) is 40.3 Å². The Morgan fingerprint density at radius 2 is 1.85 bits per heavy atom. The molecular formula is C25H31N5O3S. The standard InChI is InChI=1S/C25H31N5O3S/c1-17-18(2)34-24-23(17)25(33)29(16-26-24)15-22(32)28-13-12-27(4)10-7-11-30(19(3)31)21-9-6-5-8-20(21)14-28/h5-6,8-9,16H,7,10-15H2,1-4H3. The number of nitrogens with zero attached hydrogens (tertiary/aromatic N) is 5. The Hall–Kier alpha value is -3.04. The number of thiophene rings is 1. The predicted octanol–water partition coefficient (Wildman–Crippen LogP) is 2.79. The third-order valence-corrected chi connectivity index (χ3v) is 7.63. The van der Waals surface area contributed by atoms with E-state index in [4.69, 9.17) is 0 Å². The monoisotopic (exact) mass is 481 g/mol. The molecule has 0 saturated carbocycles. The molecule has 1 aromatic carbocycles. The summed E-state index contributed by atoms with van der Waals surface area (Å²) in [6, 6.07) is 7.74. The highest BCUT2D eigenvalue weighted by atomic mass is 32.1. The molecule has 3 heterocycles. The van der Waals surface area contributed by atoms with Crippen LogP contribution in [0.25, 0.3) is 10.2 Å². The van der Waals surface area contributed by atoms with Crippen LogP contribution in [0.4, 0.5) is 5.69 Å². The number of hydrogen-bond donors (Lipinski definition) is 0. The summed E-state index contributed by atoms with van der Waals surface area (Å²) in [4.78, 5) is 50.9. The number of anilines is 1. The first-order valence-electron chi connectivity index (χ1n) is 11.5. The summed E-state index contributed by atoms with van der Waals surface area (Å²) >= 11 is 1.50. The van der Waals surface area contributed by atoms with Gasteiger partial charge in [0, 0.05) is 43.7 Å². The van der Waals surface area contributed by atoms with Crippen LogP contribution in [0.5, 0.6) is 0 Å². The highest BCUT2D eigenvalue weighted by Crippen LogP contribution is 2.26. The maximum Gasteiger partial charge on any atom is 0.262 e. The molecule has 9 heteroatoms. The Morgan fingerprint density at radius 1 is 1.09 bits per heavy atom. The van der Waals surface area contributed by atoms with Gasteiger partial charge in [-0.2, -0.15) is 0 Å². The maximum atomic E-state index is 13.5. The Labute approximate surface area is 203 Å². The van der Waals surface area contributed by atoms with Crippen molar-refractivity contribution in [1.29, 1.82) is 0 Å². The maximum absolute atomic E-state index is 13.5. The third kappa shape index (κ3) is 4.90. The molecule has 2 amide bonds. The summed E-state index contributed by atoms with van der Waals surface area (Å²) in [6.45, 7) is 8.47. The lowest BCUT2D eigenvalue weighted by atomic mass is 10.1. The van der Waals surface area contributed by atoms with Crippen LogP contribution >= 0.6 is 11.3 Å². The number of likely N-dealkylation sites (N-methyl/N-ethyl adjacent to an activating group) is 1. The highest BCUT2D eigenvalue weighted by Gasteiger charge is 2.22. The molecule has 0 aliphatic carbocycles. The van der Waals surface area contributed by atoms with Crippen LogP contribution in [0.15, 0.2) is 35.4 Å². The fourth-order valence-electron chi connectivity index (χ4n) is 4.38. The average Bonchev–Trinajstić information content (AvgIpc) is 3.08. The van der Waals surface area contributed by atoms with Crippen LogP contribution in [-0.2, 0) is 22.7 Å². The van der Waals surface area contributed by atoms with Crippen molar-refractivity contribution in [3.63, 3.8) is 0 Å². The largest absolute Gasteiger partial charge is 0.335 e. The van der Waals surface area contributed by atoms with E-state index >= 15 is 0 Å². The van der Waals surface area contributed by atoms with Crippen molar-refractivity contribution in [2.24, 2.45) is 0 Å². The topological polar surface area (TPSA) is 78.8 Å². The van der Waals surface area contributed by atoms with Gasteiger partial charge in [0.25, 0.3) is 5.56 Å². The zero-order valence-electron chi connectivity index (χ0n) is 20.2. The van der Waals surface area contributed by atoms with Gasteiger partial charge in [0.15, 0.2) is 0 Å². The lowest BCUT2D eigenvalue weighted by molar-refractivity contribution is -0.132. The zero-order valence-corrected chi connectivity index (χ0v) is 21.0. The van der Waals surface area contributed by atoms with E-state index in [2.05, 4.69) is 9.88 Å². The molecule has 8 nitrogen and oxygen atoms in total. The van der Waals surface area contributed by atoms with Crippen molar-refractivity contribution < 1.29 is 9.59 Å². The minimum atomic E-state index is -0.182. The fraction of sp³-hybridized carbons (Fsp3) is 0.440. The third-order valence-electron chi connectivity index (χ3n) is 6.51. The summed E-state index contributed by atoms with van der Waals surface area (Å²) < 4.78 is 1.41. The van der Waals surface area contributed by atoms with Gasteiger partial charge in [-0.3, -0.25) is 19.0 Å². The number of para-hydroxylation sites is 1. The van der Waals surface area contributed by atoms with Gasteiger partial charge in [-0.05, 0) is 51.1 Å². The summed E-state index contributed by atoms with van der Waals surface area (Å²) in [5, 5.41) is 0.595. The van der Waals surface area contributed by atoms with Crippen LogP contribution < -0.4 is 10.5 Å². The minimum absolute atomic E-state index is 0.0143. The smallest absolute Gasteiger partial charge is 0.262 e. The van der Waals surface area contributed by atoms with Gasteiger partial charge in [-0.1, -0.05) is 18.2 Å². The number of carbonyl (C=O) groups is 2. The molecule has 0 unspecified atom stereocenters. The molecule has 180 valence electrons. The second kappa shape index (κ2) is 10.1. The molecule has 0 spiro atoms. The molecule has 0 radical (unpaired) electrons. The number of carbonyl (C=O) groups excluding carboxylic acids is 2. The molecule has 0 atom stereocenters. The van der Waals surface area contributed by atoms with Crippen LogP contribution in [-0.4, -0.2) is 64.4 Å². The predicted molar refractivity (Wildman–Crippen MR) is 135 cm³/mol. The second-order valence-electron chi connectivity index (χ2n) is 8.91. The quantitative estimate of drug-likeness (QED) is 0.563. The first-order valence-corrected chi connectivity index (χ1v) is 12.4. The average molecular weight is 482 g/mol. The normalized spacial score (nSPS) is 15.8. The Balaban J connectivity index is 1.66. The van der Waals surface area contributed by atoms with Gasteiger partial charge in [0.05, 0.1) is 11.7 Å². The summed E-state index contributed by atoms with van der Waals surface area (Å²) in [5.41, 5.74) is 2.50. The molecule has 3 aromatic rings. The Bertz CT molecular complexity index is 1280. The molecular weight excluding hydrogens is 450 g/mol. The second-order valence-corrected chi connectivity index (χ2v) is 10.1. The molecule has 0 saturated heterocycles. The van der Waals surface area contributed by atoms with E-state index in [9.17, 15) is 14.4 Å². The molecule has 1 aliphatic rings. The summed E-state index contributed by atoms with van der Waals surface area (Å²) in [5.74, 6) is -0.163. The molecule has 2 aromatic heterocycles. The van der Waals surface area contributed by atoms with E-state index < -0.39 is 0 Å². The molecule has 0 bridgehead atoms. The molecule has 0 fully saturated rings. The van der Waals surface area contributed by atoms with Gasteiger partial charge < -0.3 is 14.7 Å². The van der Waals surface area contributed by atoms with Gasteiger partial charge in [-0.25, -0.2) is 4.98 Å². The van der Waals surface area contributed by atoms with Crippen molar-refractivity contribution >= 4 is 39.1 Å².